The second kappa shape index (κ2) is 3.90. The molecular formula is C7H18N+. The normalized spacial score (nSPS) is 14.6. The number of hydrogen-bond acceptors (Lipinski definition) is 0. The van der Waals surface area contributed by atoms with Crippen molar-refractivity contribution in [3.05, 3.63) is 0 Å². The molecule has 0 heterocycles. The number of rotatable bonds is 3. The Morgan fingerprint density at radius 1 is 1.38 bits per heavy atom. The van der Waals surface area contributed by atoms with Crippen LogP contribution in [0.25, 0.3) is 0 Å². The van der Waals surface area contributed by atoms with Gasteiger partial charge in [0, 0.05) is 0 Å². The van der Waals surface area contributed by atoms with Crippen molar-refractivity contribution in [3.63, 3.8) is 0 Å². The molecule has 0 aliphatic carbocycles. The van der Waals surface area contributed by atoms with Gasteiger partial charge in [0.05, 0.1) is 19.6 Å². The van der Waals surface area contributed by atoms with Gasteiger partial charge >= 0.3 is 0 Å². The van der Waals surface area contributed by atoms with E-state index in [1.54, 1.807) is 4.90 Å². The molecule has 8 heavy (non-hydrogen) atoms. The van der Waals surface area contributed by atoms with Crippen LogP contribution in [0, 0.1) is 0 Å². The minimum Gasteiger partial charge on any atom is -0.335 e. The van der Waals surface area contributed by atoms with E-state index in [9.17, 15) is 0 Å². The predicted octanol–water partition coefficient (Wildman–Crippen LogP) is 0.319. The monoisotopic (exact) mass is 116 g/mol. The van der Waals surface area contributed by atoms with Gasteiger partial charge in [0.2, 0.25) is 0 Å². The fourth-order valence-electron chi connectivity index (χ4n) is 0.683. The van der Waals surface area contributed by atoms with Crippen molar-refractivity contribution in [2.45, 2.75) is 33.2 Å². The number of hydrogen-bond donors (Lipinski definition) is 1. The molecule has 50 valence electrons. The first-order chi connectivity index (χ1) is 3.68. The van der Waals surface area contributed by atoms with Crippen LogP contribution in [0.1, 0.15) is 27.2 Å². The van der Waals surface area contributed by atoms with E-state index in [1.165, 1.54) is 13.0 Å². The molecule has 0 aliphatic rings. The zero-order chi connectivity index (χ0) is 6.57. The van der Waals surface area contributed by atoms with Crippen molar-refractivity contribution in [2.75, 3.05) is 13.6 Å². The molecule has 0 aromatic rings. The first kappa shape index (κ1) is 7.96. The standard InChI is InChI=1S/C7H17N/c1-5-6-8(4)7(2)3/h7H,5-6H2,1-4H3/p+1. The third-order valence-corrected chi connectivity index (χ3v) is 1.63. The number of quaternary nitrogens is 1. The first-order valence-electron chi connectivity index (χ1n) is 3.50. The Labute approximate surface area is 52.7 Å². The molecule has 0 fully saturated rings. The van der Waals surface area contributed by atoms with E-state index in [2.05, 4.69) is 27.8 Å². The molecule has 1 atom stereocenters. The summed E-state index contributed by atoms with van der Waals surface area (Å²) in [7, 11) is 2.24. The highest BCUT2D eigenvalue weighted by atomic mass is 15.1. The second-order valence-corrected chi connectivity index (χ2v) is 2.75. The summed E-state index contributed by atoms with van der Waals surface area (Å²) in [6.45, 7) is 8.04. The van der Waals surface area contributed by atoms with Crippen LogP contribution in [0.15, 0.2) is 0 Å². The summed E-state index contributed by atoms with van der Waals surface area (Å²) in [5, 5.41) is 0. The van der Waals surface area contributed by atoms with Gasteiger partial charge in [0.25, 0.3) is 0 Å². The summed E-state index contributed by atoms with van der Waals surface area (Å²) in [5.41, 5.74) is 0. The lowest BCUT2D eigenvalue weighted by Crippen LogP contribution is -3.12. The van der Waals surface area contributed by atoms with E-state index in [-0.39, 0.29) is 0 Å². The zero-order valence-corrected chi connectivity index (χ0v) is 6.49. The molecule has 1 N–H and O–H groups in total. The lowest BCUT2D eigenvalue weighted by atomic mass is 10.3. The molecule has 1 unspecified atom stereocenters. The van der Waals surface area contributed by atoms with Crippen LogP contribution >= 0.6 is 0 Å². The Morgan fingerprint density at radius 2 is 1.88 bits per heavy atom. The van der Waals surface area contributed by atoms with Crippen LogP contribution in [-0.2, 0) is 0 Å². The molecule has 0 aliphatic heterocycles. The average molecular weight is 116 g/mol. The fraction of sp³-hybridized carbons (Fsp3) is 1.00. The van der Waals surface area contributed by atoms with E-state index in [4.69, 9.17) is 0 Å². The van der Waals surface area contributed by atoms with E-state index in [0.29, 0.717) is 0 Å². The third-order valence-electron chi connectivity index (χ3n) is 1.63. The highest BCUT2D eigenvalue weighted by Crippen LogP contribution is 1.68. The lowest BCUT2D eigenvalue weighted by molar-refractivity contribution is -0.901. The van der Waals surface area contributed by atoms with Gasteiger partial charge in [0.15, 0.2) is 0 Å². The molecule has 0 spiro atoms. The molecule has 0 radical (unpaired) electrons. The van der Waals surface area contributed by atoms with Gasteiger partial charge in [-0.3, -0.25) is 0 Å². The third kappa shape index (κ3) is 3.03. The highest BCUT2D eigenvalue weighted by Gasteiger charge is 2.02. The maximum atomic E-state index is 2.25. The molecule has 1 heteroatoms. The Morgan fingerprint density at radius 3 is 2.00 bits per heavy atom. The van der Waals surface area contributed by atoms with Gasteiger partial charge in [-0.15, -0.1) is 0 Å². The van der Waals surface area contributed by atoms with Gasteiger partial charge in [-0.1, -0.05) is 6.92 Å². The largest absolute Gasteiger partial charge is 0.335 e. The van der Waals surface area contributed by atoms with Crippen LogP contribution in [0.4, 0.5) is 0 Å². The fourth-order valence-corrected chi connectivity index (χ4v) is 0.683. The molecule has 0 saturated heterocycles. The molecule has 0 aromatic heterocycles. The zero-order valence-electron chi connectivity index (χ0n) is 6.49. The molecule has 0 aromatic carbocycles. The second-order valence-electron chi connectivity index (χ2n) is 2.75. The summed E-state index contributed by atoms with van der Waals surface area (Å²) in [5.74, 6) is 0. The minimum atomic E-state index is 0.787. The molecule has 1 nitrogen and oxygen atoms in total. The van der Waals surface area contributed by atoms with E-state index in [1.807, 2.05) is 0 Å². The Hall–Kier alpha value is -0.0400. The van der Waals surface area contributed by atoms with Crippen molar-refractivity contribution < 1.29 is 4.90 Å². The van der Waals surface area contributed by atoms with Crippen molar-refractivity contribution in [3.8, 4) is 0 Å². The molecule has 0 saturated carbocycles. The summed E-state index contributed by atoms with van der Waals surface area (Å²) in [6.07, 6.45) is 1.30. The SMILES string of the molecule is CCC[NH+](C)C(C)C. The van der Waals surface area contributed by atoms with Gasteiger partial charge in [-0.25, -0.2) is 0 Å². The summed E-state index contributed by atoms with van der Waals surface area (Å²) in [4.78, 5) is 1.63. The van der Waals surface area contributed by atoms with E-state index < -0.39 is 0 Å². The van der Waals surface area contributed by atoms with E-state index >= 15 is 0 Å². The van der Waals surface area contributed by atoms with Crippen LogP contribution in [0.2, 0.25) is 0 Å². The van der Waals surface area contributed by atoms with Gasteiger partial charge < -0.3 is 4.90 Å². The van der Waals surface area contributed by atoms with Gasteiger partial charge in [-0.05, 0) is 20.3 Å². The van der Waals surface area contributed by atoms with Crippen LogP contribution in [0.3, 0.4) is 0 Å². The molecule has 0 rings (SSSR count). The van der Waals surface area contributed by atoms with E-state index in [0.717, 1.165) is 6.04 Å². The summed E-state index contributed by atoms with van der Waals surface area (Å²) < 4.78 is 0. The quantitative estimate of drug-likeness (QED) is 0.541. The van der Waals surface area contributed by atoms with Crippen molar-refractivity contribution in [1.82, 2.24) is 0 Å². The molecule has 0 amide bonds. The topological polar surface area (TPSA) is 4.44 Å². The van der Waals surface area contributed by atoms with Crippen LogP contribution in [-0.4, -0.2) is 19.6 Å². The van der Waals surface area contributed by atoms with Crippen LogP contribution in [0.5, 0.6) is 0 Å². The van der Waals surface area contributed by atoms with Gasteiger partial charge in [-0.2, -0.15) is 0 Å². The number of nitrogens with one attached hydrogen (secondary N) is 1. The predicted molar refractivity (Wildman–Crippen MR) is 37.2 cm³/mol. The molecule has 0 bridgehead atoms. The Kier molecular flexibility index (Phi) is 3.88. The molecular weight excluding hydrogens is 98.1 g/mol. The van der Waals surface area contributed by atoms with Crippen LogP contribution < -0.4 is 4.90 Å². The first-order valence-corrected chi connectivity index (χ1v) is 3.50. The summed E-state index contributed by atoms with van der Waals surface area (Å²) in [6, 6.07) is 0.787. The lowest BCUT2D eigenvalue weighted by Gasteiger charge is -2.16. The Bertz CT molecular complexity index is 50.3. The van der Waals surface area contributed by atoms with Gasteiger partial charge in [0.1, 0.15) is 0 Å². The van der Waals surface area contributed by atoms with Crippen molar-refractivity contribution in [2.24, 2.45) is 0 Å². The summed E-state index contributed by atoms with van der Waals surface area (Å²) >= 11 is 0. The average Bonchev–Trinajstić information content (AvgIpc) is 1.67. The van der Waals surface area contributed by atoms with Crippen molar-refractivity contribution >= 4 is 0 Å². The highest BCUT2D eigenvalue weighted by molar-refractivity contribution is 4.30. The van der Waals surface area contributed by atoms with Crippen molar-refractivity contribution in [1.29, 1.82) is 0 Å². The Balaban J connectivity index is 3.17. The smallest absolute Gasteiger partial charge is 0.0815 e. The minimum absolute atomic E-state index is 0.787. The maximum Gasteiger partial charge on any atom is 0.0815 e. The maximum absolute atomic E-state index is 2.25.